The van der Waals surface area contributed by atoms with Gasteiger partial charge in [-0.1, -0.05) is 19.1 Å². The van der Waals surface area contributed by atoms with Crippen LogP contribution in [-0.2, 0) is 0 Å². The van der Waals surface area contributed by atoms with Crippen molar-refractivity contribution in [3.8, 4) is 5.75 Å². The van der Waals surface area contributed by atoms with Crippen molar-refractivity contribution in [1.29, 1.82) is 0 Å². The minimum absolute atomic E-state index is 0.191. The van der Waals surface area contributed by atoms with E-state index in [2.05, 4.69) is 12.2 Å². The number of hydrogen-bond acceptors (Lipinski definition) is 3. The third-order valence-corrected chi connectivity index (χ3v) is 3.15. The van der Waals surface area contributed by atoms with E-state index in [0.717, 1.165) is 43.7 Å². The summed E-state index contributed by atoms with van der Waals surface area (Å²) >= 11 is 0. The van der Waals surface area contributed by atoms with E-state index < -0.39 is 6.10 Å². The Balaban J connectivity index is 2.03. The van der Waals surface area contributed by atoms with Crippen LogP contribution in [0.2, 0.25) is 0 Å². The van der Waals surface area contributed by atoms with Crippen molar-refractivity contribution in [2.45, 2.75) is 38.3 Å². The zero-order valence-corrected chi connectivity index (χ0v) is 10.4. The Kier molecular flexibility index (Phi) is 4.40. The molecule has 0 bridgehead atoms. The van der Waals surface area contributed by atoms with Gasteiger partial charge in [-0.3, -0.25) is 0 Å². The molecule has 1 aliphatic heterocycles. The summed E-state index contributed by atoms with van der Waals surface area (Å²) in [7, 11) is 0. The smallest absolute Gasteiger partial charge is 0.119 e. The zero-order valence-electron chi connectivity index (χ0n) is 10.4. The van der Waals surface area contributed by atoms with Gasteiger partial charge in [0, 0.05) is 6.04 Å². The predicted octanol–water partition coefficient (Wildman–Crippen LogP) is 2.26. The van der Waals surface area contributed by atoms with Crippen LogP contribution in [0.1, 0.15) is 37.9 Å². The number of hydrogen-bond donors (Lipinski definition) is 2. The maximum absolute atomic E-state index is 10.3. The lowest BCUT2D eigenvalue weighted by Crippen LogP contribution is -2.28. The highest BCUT2D eigenvalue weighted by atomic mass is 16.5. The molecule has 1 aliphatic rings. The third-order valence-electron chi connectivity index (χ3n) is 3.15. The van der Waals surface area contributed by atoms with Crippen molar-refractivity contribution in [3.05, 3.63) is 29.8 Å². The number of ether oxygens (including phenoxy) is 1. The van der Waals surface area contributed by atoms with Gasteiger partial charge in [-0.15, -0.1) is 0 Å². The fourth-order valence-corrected chi connectivity index (χ4v) is 2.22. The molecule has 0 spiro atoms. The second-order valence-corrected chi connectivity index (χ2v) is 4.57. The van der Waals surface area contributed by atoms with Gasteiger partial charge in [-0.25, -0.2) is 0 Å². The van der Waals surface area contributed by atoms with Crippen molar-refractivity contribution < 1.29 is 9.84 Å². The minimum Gasteiger partial charge on any atom is -0.494 e. The van der Waals surface area contributed by atoms with Crippen molar-refractivity contribution in [2.24, 2.45) is 0 Å². The summed E-state index contributed by atoms with van der Waals surface area (Å²) in [5.74, 6) is 0.849. The topological polar surface area (TPSA) is 41.5 Å². The molecule has 0 saturated carbocycles. The molecule has 1 heterocycles. The fraction of sp³-hybridized carbons (Fsp3) is 0.571. The first kappa shape index (κ1) is 12.4. The van der Waals surface area contributed by atoms with Gasteiger partial charge in [0.2, 0.25) is 0 Å². The van der Waals surface area contributed by atoms with Crippen molar-refractivity contribution in [2.75, 3.05) is 13.2 Å². The van der Waals surface area contributed by atoms with Crippen LogP contribution in [0.15, 0.2) is 24.3 Å². The standard InChI is InChI=1S/C14H21NO2/c1-2-9-17-12-6-3-5-11(10-12)14(16)13-7-4-8-15-13/h3,5-6,10,13-16H,2,4,7-9H2,1H3. The van der Waals surface area contributed by atoms with Gasteiger partial charge < -0.3 is 15.2 Å². The molecule has 0 amide bonds. The largest absolute Gasteiger partial charge is 0.494 e. The zero-order chi connectivity index (χ0) is 12.1. The Morgan fingerprint density at radius 3 is 3.12 bits per heavy atom. The van der Waals surface area contributed by atoms with E-state index >= 15 is 0 Å². The Hall–Kier alpha value is -1.06. The fourth-order valence-electron chi connectivity index (χ4n) is 2.22. The van der Waals surface area contributed by atoms with Crippen molar-refractivity contribution >= 4 is 0 Å². The van der Waals surface area contributed by atoms with Crippen LogP contribution in [0.5, 0.6) is 5.75 Å². The molecule has 1 aromatic rings. The highest BCUT2D eigenvalue weighted by molar-refractivity contribution is 5.30. The Labute approximate surface area is 103 Å². The van der Waals surface area contributed by atoms with Crippen LogP contribution in [0.3, 0.4) is 0 Å². The number of rotatable bonds is 5. The molecule has 3 nitrogen and oxygen atoms in total. The second kappa shape index (κ2) is 6.03. The van der Waals surface area contributed by atoms with Crippen LogP contribution >= 0.6 is 0 Å². The Morgan fingerprint density at radius 1 is 1.53 bits per heavy atom. The van der Waals surface area contributed by atoms with Crippen LogP contribution in [0.4, 0.5) is 0 Å². The van der Waals surface area contributed by atoms with Gasteiger partial charge in [0.15, 0.2) is 0 Å². The highest BCUT2D eigenvalue weighted by Crippen LogP contribution is 2.25. The van der Waals surface area contributed by atoms with Crippen LogP contribution in [0.25, 0.3) is 0 Å². The van der Waals surface area contributed by atoms with Gasteiger partial charge in [0.25, 0.3) is 0 Å². The summed E-state index contributed by atoms with van der Waals surface area (Å²) in [5.41, 5.74) is 0.943. The quantitative estimate of drug-likeness (QED) is 0.822. The molecule has 2 N–H and O–H groups in total. The molecule has 0 aromatic heterocycles. The first-order chi connectivity index (χ1) is 8.31. The summed E-state index contributed by atoms with van der Waals surface area (Å²) in [6, 6.07) is 7.98. The molecule has 3 heteroatoms. The molecule has 1 fully saturated rings. The summed E-state index contributed by atoms with van der Waals surface area (Å²) < 4.78 is 5.58. The van der Waals surface area contributed by atoms with Crippen LogP contribution < -0.4 is 10.1 Å². The van der Waals surface area contributed by atoms with Gasteiger partial charge >= 0.3 is 0 Å². The molecule has 2 unspecified atom stereocenters. The Bertz CT molecular complexity index is 348. The van der Waals surface area contributed by atoms with Gasteiger partial charge in [0.1, 0.15) is 5.75 Å². The molecular formula is C14H21NO2. The average Bonchev–Trinajstić information content (AvgIpc) is 2.89. The molecule has 1 aromatic carbocycles. The summed E-state index contributed by atoms with van der Waals surface area (Å²) in [6.45, 7) is 3.82. The maximum atomic E-state index is 10.3. The number of benzene rings is 1. The van der Waals surface area contributed by atoms with Crippen LogP contribution in [-0.4, -0.2) is 24.3 Å². The number of aliphatic hydroxyl groups is 1. The molecule has 17 heavy (non-hydrogen) atoms. The van der Waals surface area contributed by atoms with E-state index in [1.165, 1.54) is 0 Å². The van der Waals surface area contributed by atoms with Gasteiger partial charge in [-0.05, 0) is 43.5 Å². The van der Waals surface area contributed by atoms with Crippen molar-refractivity contribution in [3.63, 3.8) is 0 Å². The van der Waals surface area contributed by atoms with Gasteiger partial charge in [0.05, 0.1) is 12.7 Å². The number of nitrogens with one attached hydrogen (secondary N) is 1. The summed E-state index contributed by atoms with van der Waals surface area (Å²) in [6.07, 6.45) is 2.76. The lowest BCUT2D eigenvalue weighted by atomic mass is 10.0. The van der Waals surface area contributed by atoms with E-state index in [4.69, 9.17) is 4.74 Å². The lowest BCUT2D eigenvalue weighted by molar-refractivity contribution is 0.137. The van der Waals surface area contributed by atoms with Crippen LogP contribution in [0, 0.1) is 0 Å². The number of aliphatic hydroxyl groups excluding tert-OH is 1. The third kappa shape index (κ3) is 3.20. The maximum Gasteiger partial charge on any atom is 0.119 e. The van der Waals surface area contributed by atoms with E-state index in [1.807, 2.05) is 24.3 Å². The molecule has 1 saturated heterocycles. The molecule has 2 rings (SSSR count). The SMILES string of the molecule is CCCOc1cccc(C(O)C2CCCN2)c1. The van der Waals surface area contributed by atoms with E-state index in [9.17, 15) is 5.11 Å². The lowest BCUT2D eigenvalue weighted by Gasteiger charge is -2.19. The normalized spacial score (nSPS) is 21.4. The van der Waals surface area contributed by atoms with E-state index in [1.54, 1.807) is 0 Å². The first-order valence-electron chi connectivity index (χ1n) is 6.45. The molecule has 0 radical (unpaired) electrons. The first-order valence-corrected chi connectivity index (χ1v) is 6.45. The molecular weight excluding hydrogens is 214 g/mol. The van der Waals surface area contributed by atoms with Gasteiger partial charge in [-0.2, -0.15) is 0 Å². The minimum atomic E-state index is -0.428. The summed E-state index contributed by atoms with van der Waals surface area (Å²) in [5, 5.41) is 13.6. The monoisotopic (exact) mass is 235 g/mol. The molecule has 2 atom stereocenters. The molecule has 94 valence electrons. The second-order valence-electron chi connectivity index (χ2n) is 4.57. The van der Waals surface area contributed by atoms with E-state index in [-0.39, 0.29) is 6.04 Å². The highest BCUT2D eigenvalue weighted by Gasteiger charge is 2.23. The average molecular weight is 235 g/mol. The van der Waals surface area contributed by atoms with Crippen molar-refractivity contribution in [1.82, 2.24) is 5.32 Å². The predicted molar refractivity (Wildman–Crippen MR) is 68.2 cm³/mol. The summed E-state index contributed by atoms with van der Waals surface area (Å²) in [4.78, 5) is 0. The Morgan fingerprint density at radius 2 is 2.41 bits per heavy atom. The molecule has 0 aliphatic carbocycles. The van der Waals surface area contributed by atoms with E-state index in [0.29, 0.717) is 0 Å².